The lowest BCUT2D eigenvalue weighted by Gasteiger charge is -2.09. The lowest BCUT2D eigenvalue weighted by molar-refractivity contribution is -0.122. The largest absolute Gasteiger partial charge is 0.389 e. The molecule has 1 N–H and O–H groups in total. The molecule has 0 radical (unpaired) electrons. The number of aliphatic hydroxyl groups excluding tert-OH is 1. The smallest absolute Gasteiger partial charge is 0.158 e. The molecule has 0 heterocycles. The van der Waals surface area contributed by atoms with E-state index in [9.17, 15) is 4.79 Å². The number of carbonyl (C=O) groups excluding carboxylic acids is 1. The maximum atomic E-state index is 10.9. The van der Waals surface area contributed by atoms with Gasteiger partial charge in [0.1, 0.15) is 6.61 Å². The van der Waals surface area contributed by atoms with Crippen LogP contribution in [0.4, 0.5) is 0 Å². The van der Waals surface area contributed by atoms with Crippen molar-refractivity contribution in [3.05, 3.63) is 35.9 Å². The first-order chi connectivity index (χ1) is 6.24. The van der Waals surface area contributed by atoms with Gasteiger partial charge in [0.2, 0.25) is 0 Å². The van der Waals surface area contributed by atoms with Crippen molar-refractivity contribution in [3.8, 4) is 0 Å². The summed E-state index contributed by atoms with van der Waals surface area (Å²) < 4.78 is 0. The van der Waals surface area contributed by atoms with Crippen molar-refractivity contribution >= 4 is 5.78 Å². The van der Waals surface area contributed by atoms with Crippen LogP contribution in [-0.2, 0) is 4.79 Å². The molecule has 0 fully saturated rings. The van der Waals surface area contributed by atoms with E-state index in [1.807, 2.05) is 37.3 Å². The van der Waals surface area contributed by atoms with Gasteiger partial charge in [-0.25, -0.2) is 0 Å². The van der Waals surface area contributed by atoms with Gasteiger partial charge in [-0.05, 0) is 11.5 Å². The molecule has 0 unspecified atom stereocenters. The van der Waals surface area contributed by atoms with Crippen molar-refractivity contribution in [2.45, 2.75) is 19.3 Å². The number of rotatable bonds is 4. The summed E-state index contributed by atoms with van der Waals surface area (Å²) in [4.78, 5) is 10.9. The summed E-state index contributed by atoms with van der Waals surface area (Å²) in [7, 11) is 0. The number of Topliss-reactive ketones (excluding diaryl/α,β-unsaturated/α-hetero) is 1. The van der Waals surface area contributed by atoms with Gasteiger partial charge in [-0.2, -0.15) is 0 Å². The molecule has 0 amide bonds. The molecule has 1 atom stereocenters. The first-order valence-electron chi connectivity index (χ1n) is 4.41. The third kappa shape index (κ3) is 2.99. The van der Waals surface area contributed by atoms with E-state index in [0.29, 0.717) is 6.42 Å². The molecule has 1 aromatic rings. The van der Waals surface area contributed by atoms with Gasteiger partial charge in [0.15, 0.2) is 5.78 Å². The number of carbonyl (C=O) groups is 1. The van der Waals surface area contributed by atoms with Crippen molar-refractivity contribution in [3.63, 3.8) is 0 Å². The maximum absolute atomic E-state index is 10.9. The number of hydrogen-bond acceptors (Lipinski definition) is 2. The zero-order chi connectivity index (χ0) is 9.68. The Hall–Kier alpha value is -1.15. The Morgan fingerprint density at radius 1 is 1.38 bits per heavy atom. The highest BCUT2D eigenvalue weighted by atomic mass is 16.3. The fraction of sp³-hybridized carbons (Fsp3) is 0.364. The third-order valence-corrected chi connectivity index (χ3v) is 2.08. The second kappa shape index (κ2) is 4.77. The Morgan fingerprint density at radius 2 is 2.00 bits per heavy atom. The molecule has 0 aliphatic carbocycles. The van der Waals surface area contributed by atoms with Gasteiger partial charge >= 0.3 is 0 Å². The first-order valence-corrected chi connectivity index (χ1v) is 4.41. The van der Waals surface area contributed by atoms with E-state index in [-0.39, 0.29) is 18.3 Å². The maximum Gasteiger partial charge on any atom is 0.158 e. The standard InChI is InChI=1S/C11H14O2/c1-9(7-11(13)8-12)10-5-3-2-4-6-10/h2-6,9,12H,7-8H2,1H3/t9-/m0/s1. The third-order valence-electron chi connectivity index (χ3n) is 2.08. The minimum absolute atomic E-state index is 0.101. The van der Waals surface area contributed by atoms with E-state index in [0.717, 1.165) is 5.56 Å². The Bertz CT molecular complexity index is 267. The second-order valence-electron chi connectivity index (χ2n) is 3.21. The predicted octanol–water partition coefficient (Wildman–Crippen LogP) is 1.74. The molecule has 1 aromatic carbocycles. The van der Waals surface area contributed by atoms with Crippen LogP contribution in [-0.4, -0.2) is 17.5 Å². The summed E-state index contributed by atoms with van der Waals surface area (Å²) in [5.74, 6) is 0.0946. The molecule has 13 heavy (non-hydrogen) atoms. The SMILES string of the molecule is C[C@@H](CC(=O)CO)c1ccccc1. The summed E-state index contributed by atoms with van der Waals surface area (Å²) in [6.07, 6.45) is 0.417. The highest BCUT2D eigenvalue weighted by molar-refractivity contribution is 5.80. The molecule has 0 bridgehead atoms. The number of ketones is 1. The minimum Gasteiger partial charge on any atom is -0.389 e. The van der Waals surface area contributed by atoms with Gasteiger partial charge in [-0.1, -0.05) is 37.3 Å². The van der Waals surface area contributed by atoms with Crippen molar-refractivity contribution in [2.75, 3.05) is 6.61 Å². The summed E-state index contributed by atoms with van der Waals surface area (Å²) >= 11 is 0. The molecule has 0 aromatic heterocycles. The van der Waals surface area contributed by atoms with Crippen molar-refractivity contribution in [1.29, 1.82) is 0 Å². The van der Waals surface area contributed by atoms with Gasteiger partial charge < -0.3 is 5.11 Å². The monoisotopic (exact) mass is 178 g/mol. The van der Waals surface area contributed by atoms with Gasteiger partial charge in [-0.15, -0.1) is 0 Å². The molecule has 0 saturated carbocycles. The van der Waals surface area contributed by atoms with E-state index in [4.69, 9.17) is 5.11 Å². The average molecular weight is 178 g/mol. The molecule has 70 valence electrons. The highest BCUT2D eigenvalue weighted by Gasteiger charge is 2.09. The van der Waals surface area contributed by atoms with Crippen LogP contribution in [0, 0.1) is 0 Å². The second-order valence-corrected chi connectivity index (χ2v) is 3.21. The Labute approximate surface area is 78.2 Å². The summed E-state index contributed by atoms with van der Waals surface area (Å²) in [6.45, 7) is 1.64. The molecule has 0 aliphatic heterocycles. The van der Waals surface area contributed by atoms with E-state index in [2.05, 4.69) is 0 Å². The van der Waals surface area contributed by atoms with Crippen molar-refractivity contribution < 1.29 is 9.90 Å². The predicted molar refractivity (Wildman–Crippen MR) is 51.6 cm³/mol. The quantitative estimate of drug-likeness (QED) is 0.762. The van der Waals surface area contributed by atoms with Gasteiger partial charge in [0, 0.05) is 6.42 Å². The van der Waals surface area contributed by atoms with Gasteiger partial charge in [-0.3, -0.25) is 4.79 Å². The molecule has 0 spiro atoms. The molecule has 2 nitrogen and oxygen atoms in total. The molecule has 1 rings (SSSR count). The Morgan fingerprint density at radius 3 is 2.54 bits per heavy atom. The van der Waals surface area contributed by atoms with Crippen LogP contribution in [0.1, 0.15) is 24.8 Å². The summed E-state index contributed by atoms with van der Waals surface area (Å²) in [5.41, 5.74) is 1.14. The van der Waals surface area contributed by atoms with Crippen LogP contribution in [0.2, 0.25) is 0 Å². The summed E-state index contributed by atoms with van der Waals surface area (Å²) in [5, 5.41) is 8.58. The fourth-order valence-corrected chi connectivity index (χ4v) is 1.31. The normalized spacial score (nSPS) is 12.5. The van der Waals surface area contributed by atoms with Crippen LogP contribution >= 0.6 is 0 Å². The van der Waals surface area contributed by atoms with Crippen molar-refractivity contribution in [2.24, 2.45) is 0 Å². The van der Waals surface area contributed by atoms with E-state index >= 15 is 0 Å². The minimum atomic E-state index is -0.350. The van der Waals surface area contributed by atoms with Gasteiger partial charge in [0.05, 0.1) is 0 Å². The van der Waals surface area contributed by atoms with E-state index in [1.165, 1.54) is 0 Å². The number of aliphatic hydroxyl groups is 1. The van der Waals surface area contributed by atoms with E-state index < -0.39 is 0 Å². The molecular formula is C11H14O2. The zero-order valence-corrected chi connectivity index (χ0v) is 7.73. The molecule has 2 heteroatoms. The van der Waals surface area contributed by atoms with Crippen LogP contribution in [0.25, 0.3) is 0 Å². The molecule has 0 aliphatic rings. The Kier molecular flexibility index (Phi) is 3.65. The fourth-order valence-electron chi connectivity index (χ4n) is 1.31. The lowest BCUT2D eigenvalue weighted by atomic mass is 9.96. The van der Waals surface area contributed by atoms with Crippen LogP contribution in [0.15, 0.2) is 30.3 Å². The zero-order valence-electron chi connectivity index (χ0n) is 7.73. The summed E-state index contributed by atoms with van der Waals surface area (Å²) in [6, 6.07) is 9.85. The average Bonchev–Trinajstić information content (AvgIpc) is 2.19. The lowest BCUT2D eigenvalue weighted by Crippen LogP contribution is -2.08. The van der Waals surface area contributed by atoms with Crippen LogP contribution < -0.4 is 0 Å². The van der Waals surface area contributed by atoms with Crippen LogP contribution in [0.5, 0.6) is 0 Å². The van der Waals surface area contributed by atoms with Gasteiger partial charge in [0.25, 0.3) is 0 Å². The molecular weight excluding hydrogens is 164 g/mol. The van der Waals surface area contributed by atoms with E-state index in [1.54, 1.807) is 0 Å². The van der Waals surface area contributed by atoms with Crippen LogP contribution in [0.3, 0.4) is 0 Å². The molecule has 0 saturated heterocycles. The topological polar surface area (TPSA) is 37.3 Å². The number of benzene rings is 1. The first kappa shape index (κ1) is 9.93. The highest BCUT2D eigenvalue weighted by Crippen LogP contribution is 2.18. The Balaban J connectivity index is 2.59. The van der Waals surface area contributed by atoms with Crippen molar-refractivity contribution in [1.82, 2.24) is 0 Å². The number of hydrogen-bond donors (Lipinski definition) is 1.